The number of carbonyl (C=O) groups is 1. The summed E-state index contributed by atoms with van der Waals surface area (Å²) in [5, 5.41) is 15.3. The molecule has 2 aromatic rings. The maximum atomic E-state index is 13.3. The number of benzene rings is 1. The van der Waals surface area contributed by atoms with Gasteiger partial charge in [-0.15, -0.1) is 0 Å². The molecule has 4 N–H and O–H groups in total. The number of carbonyl (C=O) groups excluding carboxylic acids is 1. The Bertz CT molecular complexity index is 1020. The van der Waals surface area contributed by atoms with E-state index in [4.69, 9.17) is 5.11 Å². The lowest BCUT2D eigenvalue weighted by atomic mass is 9.92. The van der Waals surface area contributed by atoms with Crippen LogP contribution in [0, 0.1) is 12.8 Å². The molecule has 3 heterocycles. The molecule has 10 heteroatoms. The van der Waals surface area contributed by atoms with Gasteiger partial charge in [-0.25, -0.2) is 9.19 Å². The van der Waals surface area contributed by atoms with E-state index in [1.807, 2.05) is 13.0 Å². The summed E-state index contributed by atoms with van der Waals surface area (Å²) in [6.07, 6.45) is 5.56. The minimum atomic E-state index is -1.39. The molecule has 4 bridgehead atoms. The summed E-state index contributed by atoms with van der Waals surface area (Å²) in [5.74, 6) is 1.45. The molecule has 0 aliphatic carbocycles. The van der Waals surface area contributed by atoms with Gasteiger partial charge in [0.05, 0.1) is 23.6 Å². The van der Waals surface area contributed by atoms with Gasteiger partial charge in [0.2, 0.25) is 5.95 Å². The number of hydrogen-bond donors (Lipinski definition) is 4. The number of fused-ring (bicyclic) bond motifs is 6. The Morgan fingerprint density at radius 2 is 2.06 bits per heavy atom. The van der Waals surface area contributed by atoms with E-state index >= 15 is 0 Å². The third-order valence-electron chi connectivity index (χ3n) is 6.03. The van der Waals surface area contributed by atoms with Crippen LogP contribution >= 0.6 is 0 Å². The molecule has 1 aromatic carbocycles. The van der Waals surface area contributed by atoms with Crippen LogP contribution in [0.15, 0.2) is 24.3 Å². The minimum absolute atomic E-state index is 0.146. The molecule has 0 spiro atoms. The zero-order valence-corrected chi connectivity index (χ0v) is 19.8. The summed E-state index contributed by atoms with van der Waals surface area (Å²) in [7, 11) is -1.39. The molecular formula is C23H32N6O3S. The molecule has 1 fully saturated rings. The molecule has 9 nitrogen and oxygen atoms in total. The molecule has 33 heavy (non-hydrogen) atoms. The summed E-state index contributed by atoms with van der Waals surface area (Å²) < 4.78 is 15.1. The molecule has 4 rings (SSSR count). The number of aromatic nitrogens is 2. The summed E-state index contributed by atoms with van der Waals surface area (Å²) in [5.41, 5.74) is 2.81. The fourth-order valence-corrected chi connectivity index (χ4v) is 5.14. The highest BCUT2D eigenvalue weighted by Crippen LogP contribution is 2.32. The average molecular weight is 473 g/mol. The number of aliphatic hydroxyl groups is 1. The largest absolute Gasteiger partial charge is 0.395 e. The number of anilines is 4. The van der Waals surface area contributed by atoms with Crippen LogP contribution in [0.3, 0.4) is 0 Å². The third-order valence-corrected chi connectivity index (χ3v) is 7.05. The Hall–Kier alpha value is -2.72. The molecule has 0 radical (unpaired) electrons. The van der Waals surface area contributed by atoms with Crippen LogP contribution in [0.2, 0.25) is 0 Å². The Labute approximate surface area is 197 Å². The van der Waals surface area contributed by atoms with E-state index in [0.29, 0.717) is 28.9 Å². The predicted molar refractivity (Wildman–Crippen MR) is 132 cm³/mol. The zero-order chi connectivity index (χ0) is 23.2. The highest BCUT2D eigenvalue weighted by Gasteiger charge is 2.25. The molecule has 2 aliphatic rings. The van der Waals surface area contributed by atoms with Gasteiger partial charge >= 0.3 is 0 Å². The van der Waals surface area contributed by atoms with Crippen LogP contribution in [0.25, 0.3) is 0 Å². The molecule has 2 unspecified atom stereocenters. The van der Waals surface area contributed by atoms with E-state index < -0.39 is 11.0 Å². The second-order valence-corrected chi connectivity index (χ2v) is 9.96. The van der Waals surface area contributed by atoms with Crippen molar-refractivity contribution in [1.82, 2.24) is 9.97 Å². The molecule has 2 atom stereocenters. The van der Waals surface area contributed by atoms with Crippen LogP contribution in [-0.4, -0.2) is 57.2 Å². The van der Waals surface area contributed by atoms with Crippen molar-refractivity contribution in [1.29, 1.82) is 0 Å². The first-order valence-corrected chi connectivity index (χ1v) is 12.9. The van der Waals surface area contributed by atoms with Gasteiger partial charge < -0.3 is 25.4 Å². The molecule has 178 valence electrons. The Kier molecular flexibility index (Phi) is 7.77. The van der Waals surface area contributed by atoms with E-state index in [9.17, 15) is 9.00 Å². The van der Waals surface area contributed by atoms with Gasteiger partial charge in [0.15, 0.2) is 0 Å². The lowest BCUT2D eigenvalue weighted by molar-refractivity contribution is 0.102. The second kappa shape index (κ2) is 10.9. The van der Waals surface area contributed by atoms with Crippen LogP contribution in [0.4, 0.5) is 23.1 Å². The summed E-state index contributed by atoms with van der Waals surface area (Å²) in [4.78, 5) is 24.5. The molecular weight excluding hydrogens is 440 g/mol. The van der Waals surface area contributed by atoms with Crippen molar-refractivity contribution in [2.24, 2.45) is 5.92 Å². The van der Waals surface area contributed by atoms with Gasteiger partial charge in [0.1, 0.15) is 16.8 Å². The fourth-order valence-electron chi connectivity index (χ4n) is 4.49. The third kappa shape index (κ3) is 6.20. The van der Waals surface area contributed by atoms with E-state index in [0.717, 1.165) is 56.7 Å². The first-order valence-electron chi connectivity index (χ1n) is 11.6. The number of nitrogens with one attached hydrogen (secondary N) is 3. The van der Waals surface area contributed by atoms with Gasteiger partial charge in [0.25, 0.3) is 5.91 Å². The average Bonchev–Trinajstić information content (AvgIpc) is 2.78. The molecule has 1 saturated heterocycles. The first-order chi connectivity index (χ1) is 16.0. The molecule has 2 aliphatic heterocycles. The SMILES string of the molecule is Cc1cc2nc(n1)NCCCCC1CCCN(C1)c1cc(NS(=O)CCO)ccc1C(=O)N2. The number of hydrogen-bond acceptors (Lipinski definition) is 7. The van der Waals surface area contributed by atoms with Crippen molar-refractivity contribution in [2.45, 2.75) is 39.0 Å². The molecule has 0 saturated carbocycles. The number of amides is 1. The topological polar surface area (TPSA) is 119 Å². The zero-order valence-electron chi connectivity index (χ0n) is 19.0. The van der Waals surface area contributed by atoms with Crippen molar-refractivity contribution < 1.29 is 14.1 Å². The van der Waals surface area contributed by atoms with Gasteiger partial charge in [0, 0.05) is 37.1 Å². The number of piperidine rings is 1. The fraction of sp³-hybridized carbons (Fsp3) is 0.522. The van der Waals surface area contributed by atoms with Crippen LogP contribution in [-0.2, 0) is 11.0 Å². The lowest BCUT2D eigenvalue weighted by Gasteiger charge is -2.35. The van der Waals surface area contributed by atoms with E-state index in [1.54, 1.807) is 18.2 Å². The van der Waals surface area contributed by atoms with Crippen LogP contribution in [0.5, 0.6) is 0 Å². The van der Waals surface area contributed by atoms with Crippen molar-refractivity contribution in [3.63, 3.8) is 0 Å². The summed E-state index contributed by atoms with van der Waals surface area (Å²) in [6.45, 7) is 4.29. The maximum absolute atomic E-state index is 13.3. The summed E-state index contributed by atoms with van der Waals surface area (Å²) in [6, 6.07) is 7.16. The normalized spacial score (nSPS) is 19.9. The highest BCUT2D eigenvalue weighted by atomic mass is 32.2. The van der Waals surface area contributed by atoms with Crippen LogP contribution in [0.1, 0.15) is 48.2 Å². The quantitative estimate of drug-likeness (QED) is 0.540. The standard InChI is InChI=1S/C23H32N6O3S/c1-16-13-21-26-22(31)19-8-7-18(28-33(32)12-11-30)14-20(19)29-10-4-6-17(15-29)5-2-3-9-24-23(25-16)27-21/h7-8,13-14,17,28,30H,2-6,9-12,15H2,1H3,(H2,24,25,26,27,31). The van der Waals surface area contributed by atoms with Crippen molar-refractivity contribution in [3.05, 3.63) is 35.5 Å². The van der Waals surface area contributed by atoms with Gasteiger partial charge in [-0.1, -0.05) is 6.42 Å². The van der Waals surface area contributed by atoms with Crippen molar-refractivity contribution >= 4 is 40.0 Å². The Morgan fingerprint density at radius 3 is 2.91 bits per heavy atom. The Balaban J connectivity index is 1.69. The number of rotatable bonds is 4. The van der Waals surface area contributed by atoms with Gasteiger partial charge in [-0.3, -0.25) is 4.79 Å². The van der Waals surface area contributed by atoms with Crippen molar-refractivity contribution in [2.75, 3.05) is 52.2 Å². The molecule has 1 amide bonds. The van der Waals surface area contributed by atoms with Gasteiger partial charge in [-0.2, -0.15) is 4.98 Å². The minimum Gasteiger partial charge on any atom is -0.395 e. The van der Waals surface area contributed by atoms with E-state index in [2.05, 4.69) is 30.2 Å². The number of aliphatic hydroxyl groups excluding tert-OH is 1. The first kappa shape index (κ1) is 23.4. The van der Waals surface area contributed by atoms with E-state index in [1.165, 1.54) is 6.42 Å². The summed E-state index contributed by atoms with van der Waals surface area (Å²) >= 11 is 0. The highest BCUT2D eigenvalue weighted by molar-refractivity contribution is 7.86. The molecule has 1 aromatic heterocycles. The monoisotopic (exact) mass is 472 g/mol. The lowest BCUT2D eigenvalue weighted by Crippen LogP contribution is -2.36. The van der Waals surface area contributed by atoms with Crippen molar-refractivity contribution in [3.8, 4) is 0 Å². The Morgan fingerprint density at radius 1 is 1.21 bits per heavy atom. The van der Waals surface area contributed by atoms with E-state index in [-0.39, 0.29) is 18.3 Å². The number of nitrogens with zero attached hydrogens (tertiary/aromatic N) is 3. The number of aryl methyl sites for hydroxylation is 1. The maximum Gasteiger partial charge on any atom is 0.258 e. The smallest absolute Gasteiger partial charge is 0.258 e. The van der Waals surface area contributed by atoms with Gasteiger partial charge in [-0.05, 0) is 56.7 Å². The van der Waals surface area contributed by atoms with Crippen LogP contribution < -0.4 is 20.3 Å². The predicted octanol–water partition coefficient (Wildman–Crippen LogP) is 2.92. The second-order valence-electron chi connectivity index (χ2n) is 8.66.